The van der Waals surface area contributed by atoms with E-state index in [4.69, 9.17) is 4.74 Å². The van der Waals surface area contributed by atoms with Gasteiger partial charge in [-0.25, -0.2) is 12.8 Å². The zero-order valence-electron chi connectivity index (χ0n) is 15.8. The SMILES string of the molecule is COc1ccc(-c2cc(F)ccc2C)cc1S(=O)(=O)N(C)CCN(C)C. The van der Waals surface area contributed by atoms with Crippen LogP contribution in [0, 0.1) is 12.7 Å². The number of methoxy groups -OCH3 is 1. The van der Waals surface area contributed by atoms with E-state index in [0.29, 0.717) is 24.2 Å². The molecule has 0 unspecified atom stereocenters. The number of aryl methyl sites for hydroxylation is 1. The van der Waals surface area contributed by atoms with Crippen LogP contribution in [0.5, 0.6) is 5.75 Å². The van der Waals surface area contributed by atoms with Crippen molar-refractivity contribution in [2.45, 2.75) is 11.8 Å². The van der Waals surface area contributed by atoms with Crippen molar-refractivity contribution in [3.05, 3.63) is 47.8 Å². The van der Waals surface area contributed by atoms with Crippen molar-refractivity contribution in [3.63, 3.8) is 0 Å². The fraction of sp³-hybridized carbons (Fsp3) is 0.368. The van der Waals surface area contributed by atoms with E-state index in [0.717, 1.165) is 5.56 Å². The number of sulfonamides is 1. The summed E-state index contributed by atoms with van der Waals surface area (Å²) in [4.78, 5) is 1.98. The van der Waals surface area contributed by atoms with Gasteiger partial charge in [0.2, 0.25) is 10.0 Å². The van der Waals surface area contributed by atoms with E-state index in [2.05, 4.69) is 0 Å². The minimum Gasteiger partial charge on any atom is -0.495 e. The van der Waals surface area contributed by atoms with Gasteiger partial charge in [-0.3, -0.25) is 0 Å². The van der Waals surface area contributed by atoms with Crippen LogP contribution < -0.4 is 4.74 Å². The summed E-state index contributed by atoms with van der Waals surface area (Å²) in [6, 6.07) is 9.35. The third-order valence-corrected chi connectivity index (χ3v) is 6.10. The number of rotatable bonds is 7. The van der Waals surface area contributed by atoms with E-state index >= 15 is 0 Å². The molecule has 0 aliphatic rings. The van der Waals surface area contributed by atoms with E-state index < -0.39 is 10.0 Å². The zero-order valence-corrected chi connectivity index (χ0v) is 16.6. The molecule has 0 N–H and O–H groups in total. The van der Waals surface area contributed by atoms with E-state index in [-0.39, 0.29) is 16.5 Å². The molecule has 0 aliphatic carbocycles. The van der Waals surface area contributed by atoms with Crippen LogP contribution in [0.15, 0.2) is 41.3 Å². The van der Waals surface area contributed by atoms with Crippen LogP contribution in [-0.4, -0.2) is 59.0 Å². The van der Waals surface area contributed by atoms with Gasteiger partial charge in [-0.15, -0.1) is 0 Å². The summed E-state index contributed by atoms with van der Waals surface area (Å²) in [6.07, 6.45) is 0. The molecule has 5 nitrogen and oxygen atoms in total. The largest absolute Gasteiger partial charge is 0.495 e. The highest BCUT2D eigenvalue weighted by Gasteiger charge is 2.25. The average molecular weight is 380 g/mol. The van der Waals surface area contributed by atoms with E-state index in [1.165, 1.54) is 23.5 Å². The lowest BCUT2D eigenvalue weighted by Gasteiger charge is -2.21. The van der Waals surface area contributed by atoms with Gasteiger partial charge in [-0.1, -0.05) is 12.1 Å². The Labute approximate surface area is 155 Å². The predicted molar refractivity (Wildman–Crippen MR) is 101 cm³/mol. The van der Waals surface area contributed by atoms with Gasteiger partial charge in [-0.05, 0) is 62.0 Å². The van der Waals surface area contributed by atoms with Crippen molar-refractivity contribution in [1.29, 1.82) is 0 Å². The first-order valence-corrected chi connectivity index (χ1v) is 9.66. The summed E-state index contributed by atoms with van der Waals surface area (Å²) in [6.45, 7) is 2.80. The molecule has 0 aromatic heterocycles. The molecule has 2 rings (SSSR count). The number of benzene rings is 2. The monoisotopic (exact) mass is 380 g/mol. The molecule has 0 spiro atoms. The molecular weight excluding hydrogens is 355 g/mol. The number of ether oxygens (including phenoxy) is 1. The van der Waals surface area contributed by atoms with Gasteiger partial charge in [-0.2, -0.15) is 4.31 Å². The maximum absolute atomic E-state index is 13.7. The van der Waals surface area contributed by atoms with Crippen LogP contribution in [0.1, 0.15) is 5.56 Å². The molecule has 0 amide bonds. The average Bonchev–Trinajstić information content (AvgIpc) is 2.61. The Balaban J connectivity index is 2.52. The van der Waals surface area contributed by atoms with Gasteiger partial charge in [0.15, 0.2) is 0 Å². The standard InChI is InChI=1S/C19H25FN2O3S/c1-14-6-8-16(20)13-17(14)15-7-9-18(25-5)19(12-15)26(23,24)22(4)11-10-21(2)3/h6-9,12-13H,10-11H2,1-5H3. The van der Waals surface area contributed by atoms with Crippen molar-refractivity contribution >= 4 is 10.0 Å². The smallest absolute Gasteiger partial charge is 0.246 e. The summed E-state index contributed by atoms with van der Waals surface area (Å²) < 4.78 is 46.2. The molecule has 0 heterocycles. The van der Waals surface area contributed by atoms with Crippen molar-refractivity contribution < 1.29 is 17.5 Å². The van der Waals surface area contributed by atoms with Crippen LogP contribution in [-0.2, 0) is 10.0 Å². The summed E-state index contributed by atoms with van der Waals surface area (Å²) in [5.41, 5.74) is 2.14. The first-order valence-electron chi connectivity index (χ1n) is 8.22. The molecule has 2 aromatic rings. The van der Waals surface area contributed by atoms with Gasteiger partial charge in [0.25, 0.3) is 0 Å². The normalized spacial score (nSPS) is 12.0. The predicted octanol–water partition coefficient (Wildman–Crippen LogP) is 2.99. The summed E-state index contributed by atoms with van der Waals surface area (Å²) >= 11 is 0. The molecule has 0 fully saturated rings. The van der Waals surface area contributed by atoms with Gasteiger partial charge >= 0.3 is 0 Å². The maximum atomic E-state index is 13.7. The lowest BCUT2D eigenvalue weighted by atomic mass is 10.0. The molecular formula is C19H25FN2O3S. The topological polar surface area (TPSA) is 49.9 Å². The Kier molecular flexibility index (Phi) is 6.39. The van der Waals surface area contributed by atoms with Crippen LogP contribution >= 0.6 is 0 Å². The molecule has 0 saturated carbocycles. The number of nitrogens with zero attached hydrogens (tertiary/aromatic N) is 2. The van der Waals surface area contributed by atoms with Crippen molar-refractivity contribution in [3.8, 4) is 16.9 Å². The summed E-state index contributed by atoms with van der Waals surface area (Å²) in [5, 5.41) is 0. The second-order valence-electron chi connectivity index (χ2n) is 6.45. The molecule has 7 heteroatoms. The first kappa shape index (κ1) is 20.4. The third kappa shape index (κ3) is 4.41. The molecule has 0 radical (unpaired) electrons. The minimum atomic E-state index is -3.74. The Bertz CT molecular complexity index is 882. The summed E-state index contributed by atoms with van der Waals surface area (Å²) in [5.74, 6) is -0.103. The summed E-state index contributed by atoms with van der Waals surface area (Å²) in [7, 11) is 3.00. The van der Waals surface area contributed by atoms with E-state index in [1.807, 2.05) is 25.9 Å². The Morgan fingerprint density at radius 1 is 1.04 bits per heavy atom. The molecule has 0 saturated heterocycles. The quantitative estimate of drug-likeness (QED) is 0.741. The van der Waals surface area contributed by atoms with Gasteiger partial charge in [0.1, 0.15) is 16.5 Å². The number of hydrogen-bond donors (Lipinski definition) is 0. The first-order chi connectivity index (χ1) is 12.2. The molecule has 142 valence electrons. The molecule has 0 bridgehead atoms. The fourth-order valence-electron chi connectivity index (χ4n) is 2.58. The highest BCUT2D eigenvalue weighted by Crippen LogP contribution is 2.33. The number of likely N-dealkylation sites (N-methyl/N-ethyl adjacent to an activating group) is 2. The van der Waals surface area contributed by atoms with Crippen molar-refractivity contribution in [2.24, 2.45) is 0 Å². The van der Waals surface area contributed by atoms with Gasteiger partial charge in [0, 0.05) is 20.1 Å². The molecule has 26 heavy (non-hydrogen) atoms. The van der Waals surface area contributed by atoms with Crippen LogP contribution in [0.3, 0.4) is 0 Å². The van der Waals surface area contributed by atoms with Crippen LogP contribution in [0.25, 0.3) is 11.1 Å². The number of hydrogen-bond acceptors (Lipinski definition) is 4. The van der Waals surface area contributed by atoms with Crippen molar-refractivity contribution in [2.75, 3.05) is 41.3 Å². The van der Waals surface area contributed by atoms with Gasteiger partial charge in [0.05, 0.1) is 7.11 Å². The minimum absolute atomic E-state index is 0.0717. The van der Waals surface area contributed by atoms with E-state index in [9.17, 15) is 12.8 Å². The fourth-order valence-corrected chi connectivity index (χ4v) is 3.92. The lowest BCUT2D eigenvalue weighted by molar-refractivity contribution is 0.356. The number of halogens is 1. The molecule has 0 aliphatic heterocycles. The second-order valence-corrected chi connectivity index (χ2v) is 8.47. The highest BCUT2D eigenvalue weighted by molar-refractivity contribution is 7.89. The second kappa shape index (κ2) is 8.16. The third-order valence-electron chi connectivity index (χ3n) is 4.22. The van der Waals surface area contributed by atoms with Crippen LogP contribution in [0.2, 0.25) is 0 Å². The van der Waals surface area contributed by atoms with Gasteiger partial charge < -0.3 is 9.64 Å². The van der Waals surface area contributed by atoms with Crippen LogP contribution in [0.4, 0.5) is 4.39 Å². The molecule has 2 aromatic carbocycles. The Hall–Kier alpha value is -1.96. The Morgan fingerprint density at radius 2 is 1.73 bits per heavy atom. The maximum Gasteiger partial charge on any atom is 0.246 e. The highest BCUT2D eigenvalue weighted by atomic mass is 32.2. The van der Waals surface area contributed by atoms with Crippen molar-refractivity contribution in [1.82, 2.24) is 9.21 Å². The Morgan fingerprint density at radius 3 is 2.35 bits per heavy atom. The molecule has 0 atom stereocenters. The lowest BCUT2D eigenvalue weighted by Crippen LogP contribution is -2.33. The zero-order chi connectivity index (χ0) is 19.5. The van der Waals surface area contributed by atoms with E-state index in [1.54, 1.807) is 31.3 Å².